The largest absolute Gasteiger partial charge is 0.325 e. The predicted octanol–water partition coefficient (Wildman–Crippen LogP) is 4.95. The molecule has 0 atom stereocenters. The number of pyridine rings is 2. The van der Waals surface area contributed by atoms with E-state index in [0.717, 1.165) is 27.9 Å². The Balaban J connectivity index is 1.34. The lowest BCUT2D eigenvalue weighted by atomic mass is 10.1. The quantitative estimate of drug-likeness (QED) is 0.477. The molecule has 5 heteroatoms. The molecule has 4 aromatic rings. The zero-order valence-corrected chi connectivity index (χ0v) is 16.0. The van der Waals surface area contributed by atoms with Crippen molar-refractivity contribution >= 4 is 34.3 Å². The van der Waals surface area contributed by atoms with Crippen LogP contribution < -0.4 is 5.32 Å². The summed E-state index contributed by atoms with van der Waals surface area (Å²) in [6, 6.07) is 21.9. The topological polar surface area (TPSA) is 54.9 Å². The van der Waals surface area contributed by atoms with Gasteiger partial charge >= 0.3 is 0 Å². The maximum Gasteiger partial charge on any atom is 0.234 e. The number of rotatable bonds is 6. The lowest BCUT2D eigenvalue weighted by molar-refractivity contribution is -0.113. The van der Waals surface area contributed by atoms with Gasteiger partial charge in [-0.3, -0.25) is 14.8 Å². The van der Waals surface area contributed by atoms with E-state index in [-0.39, 0.29) is 5.91 Å². The van der Waals surface area contributed by atoms with Crippen LogP contribution in [0.1, 0.15) is 11.1 Å². The number of carbonyl (C=O) groups is 1. The second-order valence-electron chi connectivity index (χ2n) is 6.40. The van der Waals surface area contributed by atoms with Crippen molar-refractivity contribution in [3.63, 3.8) is 0 Å². The number of nitrogens with one attached hydrogen (secondary N) is 1. The molecule has 2 aromatic heterocycles. The van der Waals surface area contributed by atoms with Crippen LogP contribution in [-0.4, -0.2) is 21.6 Å². The second-order valence-corrected chi connectivity index (χ2v) is 7.41. The van der Waals surface area contributed by atoms with Gasteiger partial charge in [-0.2, -0.15) is 0 Å². The Hall–Kier alpha value is -3.18. The summed E-state index contributed by atoms with van der Waals surface area (Å²) in [6.45, 7) is 0. The van der Waals surface area contributed by atoms with Crippen LogP contribution in [0.4, 0.5) is 5.69 Å². The highest BCUT2D eigenvalue weighted by atomic mass is 32.2. The smallest absolute Gasteiger partial charge is 0.234 e. The van der Waals surface area contributed by atoms with Gasteiger partial charge < -0.3 is 5.32 Å². The van der Waals surface area contributed by atoms with E-state index in [1.54, 1.807) is 18.6 Å². The van der Waals surface area contributed by atoms with Crippen LogP contribution in [0.5, 0.6) is 0 Å². The van der Waals surface area contributed by atoms with Gasteiger partial charge in [0.1, 0.15) is 0 Å². The number of para-hydroxylation sites is 1. The second kappa shape index (κ2) is 8.67. The van der Waals surface area contributed by atoms with Gasteiger partial charge in [-0.25, -0.2) is 0 Å². The third-order valence-electron chi connectivity index (χ3n) is 4.35. The molecular formula is C23H19N3OS. The number of anilines is 1. The molecule has 2 aromatic carbocycles. The van der Waals surface area contributed by atoms with E-state index < -0.39 is 0 Å². The Labute approximate surface area is 168 Å². The first-order valence-corrected chi connectivity index (χ1v) is 10.0. The molecule has 0 aliphatic heterocycles. The van der Waals surface area contributed by atoms with Crippen molar-refractivity contribution in [3.8, 4) is 0 Å². The Morgan fingerprint density at radius 3 is 2.43 bits per heavy atom. The van der Waals surface area contributed by atoms with Crippen molar-refractivity contribution < 1.29 is 4.79 Å². The normalized spacial score (nSPS) is 10.7. The minimum absolute atomic E-state index is 0.0279. The number of hydrogen-bond donors (Lipinski definition) is 1. The highest BCUT2D eigenvalue weighted by molar-refractivity contribution is 8.00. The van der Waals surface area contributed by atoms with Crippen molar-refractivity contribution in [2.24, 2.45) is 0 Å². The zero-order valence-electron chi connectivity index (χ0n) is 15.2. The predicted molar refractivity (Wildman–Crippen MR) is 115 cm³/mol. The first-order valence-electron chi connectivity index (χ1n) is 9.02. The maximum atomic E-state index is 12.3. The maximum absolute atomic E-state index is 12.3. The Morgan fingerprint density at radius 1 is 0.857 bits per heavy atom. The van der Waals surface area contributed by atoms with Crippen LogP contribution in [0.15, 0.2) is 90.2 Å². The van der Waals surface area contributed by atoms with Gasteiger partial charge in [0.25, 0.3) is 0 Å². The molecule has 0 unspecified atom stereocenters. The van der Waals surface area contributed by atoms with E-state index in [1.807, 2.05) is 66.7 Å². The van der Waals surface area contributed by atoms with Crippen molar-refractivity contribution in [1.29, 1.82) is 0 Å². The van der Waals surface area contributed by atoms with Crippen molar-refractivity contribution in [3.05, 3.63) is 96.4 Å². The van der Waals surface area contributed by atoms with E-state index in [4.69, 9.17) is 0 Å². The molecule has 4 rings (SSSR count). The molecule has 138 valence electrons. The monoisotopic (exact) mass is 385 g/mol. The average Bonchev–Trinajstić information content (AvgIpc) is 2.74. The van der Waals surface area contributed by atoms with Crippen LogP contribution in [0.2, 0.25) is 0 Å². The minimum Gasteiger partial charge on any atom is -0.325 e. The summed E-state index contributed by atoms with van der Waals surface area (Å²) in [5.74, 6) is 0.314. The van der Waals surface area contributed by atoms with E-state index in [2.05, 4.69) is 15.3 Å². The molecular weight excluding hydrogens is 366 g/mol. The fraction of sp³-hybridized carbons (Fsp3) is 0.0870. The fourth-order valence-electron chi connectivity index (χ4n) is 2.98. The number of amides is 1. The number of aromatic nitrogens is 2. The summed E-state index contributed by atoms with van der Waals surface area (Å²) in [5, 5.41) is 4.04. The van der Waals surface area contributed by atoms with E-state index >= 15 is 0 Å². The van der Waals surface area contributed by atoms with Crippen molar-refractivity contribution in [2.45, 2.75) is 11.3 Å². The van der Waals surface area contributed by atoms with Crippen LogP contribution >= 0.6 is 11.8 Å². The Kier molecular flexibility index (Phi) is 5.64. The zero-order chi connectivity index (χ0) is 19.2. The Bertz CT molecular complexity index is 1080. The number of hydrogen-bond acceptors (Lipinski definition) is 4. The lowest BCUT2D eigenvalue weighted by Gasteiger charge is -2.08. The molecule has 0 aliphatic rings. The van der Waals surface area contributed by atoms with Gasteiger partial charge in [-0.1, -0.05) is 30.3 Å². The van der Waals surface area contributed by atoms with Gasteiger partial charge in [0.05, 0.1) is 11.3 Å². The molecule has 0 saturated heterocycles. The number of thioether (sulfide) groups is 1. The SMILES string of the molecule is O=C(CSc1cccc2cccnc12)Nc1ccc(Cc2ccncc2)cc1. The van der Waals surface area contributed by atoms with Gasteiger partial charge in [0, 0.05) is 34.6 Å². The molecule has 0 radical (unpaired) electrons. The molecule has 1 amide bonds. The highest BCUT2D eigenvalue weighted by Crippen LogP contribution is 2.26. The molecule has 0 bridgehead atoms. The number of benzene rings is 2. The van der Waals surface area contributed by atoms with Crippen LogP contribution in [0, 0.1) is 0 Å². The molecule has 28 heavy (non-hydrogen) atoms. The van der Waals surface area contributed by atoms with E-state index in [0.29, 0.717) is 5.75 Å². The molecule has 0 aliphatic carbocycles. The molecule has 2 heterocycles. The van der Waals surface area contributed by atoms with Crippen molar-refractivity contribution in [1.82, 2.24) is 9.97 Å². The van der Waals surface area contributed by atoms with Crippen LogP contribution in [-0.2, 0) is 11.2 Å². The van der Waals surface area contributed by atoms with Gasteiger partial charge in [0.15, 0.2) is 0 Å². The van der Waals surface area contributed by atoms with E-state index in [9.17, 15) is 4.79 Å². The Morgan fingerprint density at radius 2 is 1.61 bits per heavy atom. The van der Waals surface area contributed by atoms with Crippen LogP contribution in [0.25, 0.3) is 10.9 Å². The van der Waals surface area contributed by atoms with Gasteiger partial charge in [-0.15, -0.1) is 11.8 Å². The molecule has 4 nitrogen and oxygen atoms in total. The average molecular weight is 385 g/mol. The molecule has 0 spiro atoms. The third kappa shape index (κ3) is 4.56. The summed E-state index contributed by atoms with van der Waals surface area (Å²) in [6.07, 6.45) is 6.22. The minimum atomic E-state index is -0.0279. The first-order chi connectivity index (χ1) is 13.8. The highest BCUT2D eigenvalue weighted by Gasteiger charge is 2.07. The number of nitrogens with zero attached hydrogens (tertiary/aromatic N) is 2. The first kappa shape index (κ1) is 18.2. The number of carbonyl (C=O) groups excluding carboxylic acids is 1. The standard InChI is InChI=1S/C23H19N3OS/c27-22(16-28-21-5-1-3-19-4-2-12-25-23(19)21)26-20-8-6-17(7-9-20)15-18-10-13-24-14-11-18/h1-14H,15-16H2,(H,26,27). The summed E-state index contributed by atoms with van der Waals surface area (Å²) in [7, 11) is 0. The number of fused-ring (bicyclic) bond motifs is 1. The van der Waals surface area contributed by atoms with Gasteiger partial charge in [-0.05, 0) is 53.9 Å². The van der Waals surface area contributed by atoms with E-state index in [1.165, 1.54) is 22.9 Å². The van der Waals surface area contributed by atoms with Gasteiger partial charge in [0.2, 0.25) is 5.91 Å². The summed E-state index contributed by atoms with van der Waals surface area (Å²) in [4.78, 5) is 21.8. The summed E-state index contributed by atoms with van der Waals surface area (Å²) < 4.78 is 0. The summed E-state index contributed by atoms with van der Waals surface area (Å²) in [5.41, 5.74) is 4.15. The third-order valence-corrected chi connectivity index (χ3v) is 5.40. The lowest BCUT2D eigenvalue weighted by Crippen LogP contribution is -2.14. The van der Waals surface area contributed by atoms with Crippen molar-refractivity contribution in [2.75, 3.05) is 11.1 Å². The summed E-state index contributed by atoms with van der Waals surface area (Å²) >= 11 is 1.50. The molecule has 0 saturated carbocycles. The van der Waals surface area contributed by atoms with Crippen LogP contribution in [0.3, 0.4) is 0 Å². The fourth-order valence-corrected chi connectivity index (χ4v) is 3.82. The molecule has 1 N–H and O–H groups in total. The molecule has 0 fully saturated rings.